The van der Waals surface area contributed by atoms with E-state index in [1.54, 1.807) is 23.5 Å². The second-order valence-electron chi connectivity index (χ2n) is 6.32. The first kappa shape index (κ1) is 18.1. The number of carbonyl (C=O) groups excluding carboxylic acids is 1. The molecule has 0 radical (unpaired) electrons. The SMILES string of the molecule is C[C@@H](C(=O)Nc1ccc(S(N)(=O)=O)cc1)[NH+]1CCC[C@@H]1c1cccs1. The van der Waals surface area contributed by atoms with Crippen LogP contribution in [0.25, 0.3) is 0 Å². The molecule has 1 unspecified atom stereocenters. The van der Waals surface area contributed by atoms with E-state index in [0.29, 0.717) is 11.7 Å². The molecule has 2 heterocycles. The van der Waals surface area contributed by atoms with E-state index in [9.17, 15) is 13.2 Å². The van der Waals surface area contributed by atoms with E-state index >= 15 is 0 Å². The lowest BCUT2D eigenvalue weighted by atomic mass is 10.1. The normalized spacial score (nSPS) is 21.8. The lowest BCUT2D eigenvalue weighted by Gasteiger charge is -2.26. The molecule has 3 rings (SSSR count). The standard InChI is InChI=1S/C17H21N3O3S2/c1-12(20-10-2-4-15(20)16-5-3-11-24-16)17(21)19-13-6-8-14(9-7-13)25(18,22)23/h3,5-9,11-12,15H,2,4,10H2,1H3,(H,19,21)(H2,18,22,23)/p+1/t12-,15+/m0/s1. The number of benzene rings is 1. The fraction of sp³-hybridized carbons (Fsp3) is 0.353. The first-order chi connectivity index (χ1) is 11.9. The molecule has 1 aromatic heterocycles. The number of hydrogen-bond acceptors (Lipinski definition) is 4. The van der Waals surface area contributed by atoms with Crippen molar-refractivity contribution in [3.63, 3.8) is 0 Å². The van der Waals surface area contributed by atoms with E-state index in [2.05, 4.69) is 16.8 Å². The van der Waals surface area contributed by atoms with Crippen LogP contribution in [0.3, 0.4) is 0 Å². The highest BCUT2D eigenvalue weighted by atomic mass is 32.2. The van der Waals surface area contributed by atoms with Crippen LogP contribution in [-0.4, -0.2) is 26.9 Å². The van der Waals surface area contributed by atoms with Gasteiger partial charge in [0.1, 0.15) is 6.04 Å². The first-order valence-corrected chi connectivity index (χ1v) is 10.6. The van der Waals surface area contributed by atoms with Crippen LogP contribution in [-0.2, 0) is 14.8 Å². The van der Waals surface area contributed by atoms with E-state index in [-0.39, 0.29) is 16.8 Å². The molecule has 1 aliphatic rings. The smallest absolute Gasteiger partial charge is 0.282 e. The summed E-state index contributed by atoms with van der Waals surface area (Å²) in [6, 6.07) is 10.3. The van der Waals surface area contributed by atoms with E-state index in [0.717, 1.165) is 19.4 Å². The van der Waals surface area contributed by atoms with Gasteiger partial charge in [0.2, 0.25) is 10.0 Å². The molecule has 25 heavy (non-hydrogen) atoms. The molecule has 1 amide bonds. The molecular weight excluding hydrogens is 358 g/mol. The van der Waals surface area contributed by atoms with Crippen LogP contribution < -0.4 is 15.4 Å². The van der Waals surface area contributed by atoms with Crippen LogP contribution >= 0.6 is 11.3 Å². The number of nitrogens with two attached hydrogens (primary N) is 1. The summed E-state index contributed by atoms with van der Waals surface area (Å²) < 4.78 is 22.6. The Morgan fingerprint density at radius 1 is 1.32 bits per heavy atom. The third kappa shape index (κ3) is 4.09. The maximum absolute atomic E-state index is 12.6. The number of rotatable bonds is 5. The van der Waals surface area contributed by atoms with Crippen molar-refractivity contribution >= 4 is 33.0 Å². The zero-order valence-electron chi connectivity index (χ0n) is 13.9. The van der Waals surface area contributed by atoms with Crippen molar-refractivity contribution in [1.29, 1.82) is 0 Å². The van der Waals surface area contributed by atoms with Crippen LogP contribution in [0.4, 0.5) is 5.69 Å². The summed E-state index contributed by atoms with van der Waals surface area (Å²) in [6.07, 6.45) is 2.20. The first-order valence-electron chi connectivity index (χ1n) is 8.19. The molecule has 0 spiro atoms. The summed E-state index contributed by atoms with van der Waals surface area (Å²) in [6.45, 7) is 2.91. The Hall–Kier alpha value is -1.74. The van der Waals surface area contributed by atoms with Gasteiger partial charge in [-0.05, 0) is 42.6 Å². The molecule has 1 saturated heterocycles. The zero-order chi connectivity index (χ0) is 18.0. The summed E-state index contributed by atoms with van der Waals surface area (Å²) in [4.78, 5) is 15.3. The van der Waals surface area contributed by atoms with Crippen molar-refractivity contribution in [2.45, 2.75) is 36.7 Å². The average Bonchev–Trinajstić information content (AvgIpc) is 3.24. The number of amides is 1. The van der Waals surface area contributed by atoms with Gasteiger partial charge in [-0.2, -0.15) is 0 Å². The van der Waals surface area contributed by atoms with Gasteiger partial charge in [-0.15, -0.1) is 11.3 Å². The summed E-state index contributed by atoms with van der Waals surface area (Å²) in [5.74, 6) is -0.0678. The molecule has 8 heteroatoms. The van der Waals surface area contributed by atoms with E-state index < -0.39 is 10.0 Å². The average molecular weight is 381 g/mol. The topological polar surface area (TPSA) is 93.7 Å². The maximum atomic E-state index is 12.6. The van der Waals surface area contributed by atoms with E-state index in [1.807, 2.05) is 13.0 Å². The Bertz CT molecular complexity index is 833. The molecule has 1 aliphatic heterocycles. The Morgan fingerprint density at radius 3 is 2.64 bits per heavy atom. The van der Waals surface area contributed by atoms with Crippen LogP contribution in [0, 0.1) is 0 Å². The molecule has 4 N–H and O–H groups in total. The fourth-order valence-corrected chi connectivity index (χ4v) is 4.77. The van der Waals surface area contributed by atoms with Crippen LogP contribution in [0.1, 0.15) is 30.7 Å². The number of likely N-dealkylation sites (tertiary alicyclic amines) is 1. The number of anilines is 1. The molecule has 1 aromatic carbocycles. The van der Waals surface area contributed by atoms with Crippen molar-refractivity contribution in [1.82, 2.24) is 0 Å². The van der Waals surface area contributed by atoms with Crippen molar-refractivity contribution in [2.75, 3.05) is 11.9 Å². The number of primary sulfonamides is 1. The van der Waals surface area contributed by atoms with Gasteiger partial charge < -0.3 is 10.2 Å². The Balaban J connectivity index is 1.68. The van der Waals surface area contributed by atoms with Gasteiger partial charge in [0, 0.05) is 18.5 Å². The van der Waals surface area contributed by atoms with Crippen molar-refractivity contribution in [3.8, 4) is 0 Å². The maximum Gasteiger partial charge on any atom is 0.282 e. The van der Waals surface area contributed by atoms with Crippen molar-refractivity contribution in [3.05, 3.63) is 46.7 Å². The predicted octanol–water partition coefficient (Wildman–Crippen LogP) is 1.14. The second kappa shape index (κ2) is 7.25. The molecule has 0 aliphatic carbocycles. The summed E-state index contributed by atoms with van der Waals surface area (Å²) in [5.41, 5.74) is 0.565. The monoisotopic (exact) mass is 380 g/mol. The van der Waals surface area contributed by atoms with E-state index in [4.69, 9.17) is 5.14 Å². The highest BCUT2D eigenvalue weighted by molar-refractivity contribution is 7.89. The number of sulfonamides is 1. The molecule has 6 nitrogen and oxygen atoms in total. The zero-order valence-corrected chi connectivity index (χ0v) is 15.6. The lowest BCUT2D eigenvalue weighted by molar-refractivity contribution is -0.931. The Labute approximate surface area is 151 Å². The van der Waals surface area contributed by atoms with Crippen LogP contribution in [0.5, 0.6) is 0 Å². The third-order valence-corrected chi connectivity index (χ3v) is 6.61. The van der Waals surface area contributed by atoms with Gasteiger partial charge in [0.25, 0.3) is 5.91 Å². The number of hydrogen-bond donors (Lipinski definition) is 3. The quantitative estimate of drug-likeness (QED) is 0.726. The highest BCUT2D eigenvalue weighted by Crippen LogP contribution is 2.24. The van der Waals surface area contributed by atoms with Gasteiger partial charge >= 0.3 is 0 Å². The molecule has 1 fully saturated rings. The molecule has 134 valence electrons. The summed E-state index contributed by atoms with van der Waals surface area (Å²) in [5, 5.41) is 10.0. The van der Waals surface area contributed by atoms with E-state index in [1.165, 1.54) is 21.9 Å². The number of quaternary nitrogens is 1. The van der Waals surface area contributed by atoms with Crippen molar-refractivity contribution in [2.24, 2.45) is 5.14 Å². The molecule has 3 atom stereocenters. The van der Waals surface area contributed by atoms with Gasteiger partial charge in [0.05, 0.1) is 16.3 Å². The fourth-order valence-electron chi connectivity index (χ4n) is 3.35. The lowest BCUT2D eigenvalue weighted by Crippen LogP contribution is -3.15. The van der Waals surface area contributed by atoms with Crippen molar-refractivity contribution < 1.29 is 18.1 Å². The Morgan fingerprint density at radius 2 is 2.04 bits per heavy atom. The van der Waals surface area contributed by atoms with Gasteiger partial charge in [-0.25, -0.2) is 13.6 Å². The predicted molar refractivity (Wildman–Crippen MR) is 98.0 cm³/mol. The summed E-state index contributed by atoms with van der Waals surface area (Å²) in [7, 11) is -3.73. The van der Waals surface area contributed by atoms with Crippen LogP contribution in [0.15, 0.2) is 46.7 Å². The van der Waals surface area contributed by atoms with Gasteiger partial charge in [-0.1, -0.05) is 6.07 Å². The number of carbonyl (C=O) groups is 1. The minimum atomic E-state index is -3.73. The largest absolute Gasteiger partial charge is 0.321 e. The molecular formula is C17H22N3O3S2+. The highest BCUT2D eigenvalue weighted by Gasteiger charge is 2.37. The van der Waals surface area contributed by atoms with Gasteiger partial charge in [0.15, 0.2) is 6.04 Å². The summed E-state index contributed by atoms with van der Waals surface area (Å²) >= 11 is 1.74. The minimum Gasteiger partial charge on any atom is -0.321 e. The second-order valence-corrected chi connectivity index (χ2v) is 8.86. The minimum absolute atomic E-state index is 0.0291. The van der Waals surface area contributed by atoms with Gasteiger partial charge in [-0.3, -0.25) is 4.79 Å². The number of nitrogens with one attached hydrogen (secondary N) is 2. The number of thiophene rings is 1. The third-order valence-electron chi connectivity index (χ3n) is 4.69. The molecule has 2 aromatic rings. The molecule has 0 bridgehead atoms. The van der Waals surface area contributed by atoms with Crippen LogP contribution in [0.2, 0.25) is 0 Å². The molecule has 0 saturated carbocycles. The Kier molecular flexibility index (Phi) is 5.24.